The minimum Gasteiger partial charge on any atom is -0.497 e. The Morgan fingerprint density at radius 1 is 1.23 bits per heavy atom. The molecule has 9 heteroatoms. The molecule has 2 rings (SSSR count). The van der Waals surface area contributed by atoms with Gasteiger partial charge in [-0.05, 0) is 30.2 Å². The predicted octanol–water partition coefficient (Wildman–Crippen LogP) is 2.16. The van der Waals surface area contributed by atoms with Crippen molar-refractivity contribution in [2.45, 2.75) is 25.5 Å². The molecule has 1 aromatic heterocycles. The third-order valence-corrected chi connectivity index (χ3v) is 4.39. The third kappa shape index (κ3) is 5.22. The molecular formula is C17H23N5O3S. The maximum absolute atomic E-state index is 11.8. The Morgan fingerprint density at radius 3 is 2.50 bits per heavy atom. The zero-order chi connectivity index (χ0) is 19.1. The van der Waals surface area contributed by atoms with Crippen LogP contribution in [0.5, 0.6) is 5.75 Å². The number of imide groups is 1. The van der Waals surface area contributed by atoms with Gasteiger partial charge in [0.05, 0.1) is 12.9 Å². The van der Waals surface area contributed by atoms with Crippen LogP contribution in [0.2, 0.25) is 0 Å². The molecule has 0 bridgehead atoms. The standard InChI is InChI=1S/C17H23N5O3S/c1-11(2)9-22-15(12-5-7-13(25-4)8-6-12)20-21-17(22)26-10-14(23)19-16(24)18-3/h5-8,11H,9-10H2,1-4H3,(H2,18,19,23,24). The number of rotatable bonds is 7. The van der Waals surface area contributed by atoms with Gasteiger partial charge in [-0.2, -0.15) is 0 Å². The van der Waals surface area contributed by atoms with E-state index in [4.69, 9.17) is 4.74 Å². The van der Waals surface area contributed by atoms with E-state index in [1.54, 1.807) is 7.11 Å². The van der Waals surface area contributed by atoms with Gasteiger partial charge in [-0.1, -0.05) is 25.6 Å². The number of carbonyl (C=O) groups is 2. The second-order valence-corrected chi connectivity index (χ2v) is 6.90. The molecule has 0 saturated heterocycles. The Balaban J connectivity index is 2.19. The van der Waals surface area contributed by atoms with Crippen LogP contribution in [0.25, 0.3) is 11.4 Å². The summed E-state index contributed by atoms with van der Waals surface area (Å²) in [7, 11) is 3.07. The molecule has 0 radical (unpaired) electrons. The van der Waals surface area contributed by atoms with E-state index in [-0.39, 0.29) is 11.7 Å². The van der Waals surface area contributed by atoms with Crippen LogP contribution in [0.1, 0.15) is 13.8 Å². The SMILES string of the molecule is CNC(=O)NC(=O)CSc1nnc(-c2ccc(OC)cc2)n1CC(C)C. The Morgan fingerprint density at radius 2 is 1.92 bits per heavy atom. The second-order valence-electron chi connectivity index (χ2n) is 5.96. The van der Waals surface area contributed by atoms with E-state index in [1.807, 2.05) is 28.8 Å². The summed E-state index contributed by atoms with van der Waals surface area (Å²) in [6.07, 6.45) is 0. The fourth-order valence-electron chi connectivity index (χ4n) is 2.23. The summed E-state index contributed by atoms with van der Waals surface area (Å²) in [6, 6.07) is 7.05. The fraction of sp³-hybridized carbons (Fsp3) is 0.412. The molecule has 0 saturated carbocycles. The first kappa shape index (κ1) is 19.8. The molecule has 2 aromatic rings. The maximum Gasteiger partial charge on any atom is 0.321 e. The molecule has 140 valence electrons. The van der Waals surface area contributed by atoms with Crippen LogP contribution in [-0.4, -0.2) is 46.6 Å². The van der Waals surface area contributed by atoms with Gasteiger partial charge in [-0.25, -0.2) is 4.79 Å². The zero-order valence-electron chi connectivity index (χ0n) is 15.3. The lowest BCUT2D eigenvalue weighted by Crippen LogP contribution is -2.38. The quantitative estimate of drug-likeness (QED) is 0.718. The Labute approximate surface area is 156 Å². The molecule has 0 fully saturated rings. The summed E-state index contributed by atoms with van der Waals surface area (Å²) >= 11 is 1.25. The van der Waals surface area contributed by atoms with Crippen LogP contribution in [0.4, 0.5) is 4.79 Å². The van der Waals surface area contributed by atoms with Gasteiger partial charge < -0.3 is 14.6 Å². The van der Waals surface area contributed by atoms with E-state index in [9.17, 15) is 9.59 Å². The molecule has 0 unspecified atom stereocenters. The highest BCUT2D eigenvalue weighted by Gasteiger charge is 2.17. The average molecular weight is 377 g/mol. The number of urea groups is 1. The molecule has 0 aliphatic rings. The zero-order valence-corrected chi connectivity index (χ0v) is 16.1. The lowest BCUT2D eigenvalue weighted by atomic mass is 10.2. The van der Waals surface area contributed by atoms with Gasteiger partial charge in [0.1, 0.15) is 5.75 Å². The van der Waals surface area contributed by atoms with E-state index >= 15 is 0 Å². The van der Waals surface area contributed by atoms with E-state index in [1.165, 1.54) is 18.8 Å². The molecule has 8 nitrogen and oxygen atoms in total. The minimum absolute atomic E-state index is 0.0757. The average Bonchev–Trinajstić information content (AvgIpc) is 3.01. The van der Waals surface area contributed by atoms with E-state index in [0.29, 0.717) is 17.6 Å². The normalized spacial score (nSPS) is 10.7. The molecule has 1 heterocycles. The van der Waals surface area contributed by atoms with Crippen molar-refractivity contribution in [3.8, 4) is 17.1 Å². The Hall–Kier alpha value is -2.55. The van der Waals surface area contributed by atoms with Crippen LogP contribution in [0.3, 0.4) is 0 Å². The fourth-order valence-corrected chi connectivity index (χ4v) is 2.98. The smallest absolute Gasteiger partial charge is 0.321 e. The summed E-state index contributed by atoms with van der Waals surface area (Å²) in [5.74, 6) is 1.56. The summed E-state index contributed by atoms with van der Waals surface area (Å²) < 4.78 is 7.18. The monoisotopic (exact) mass is 377 g/mol. The van der Waals surface area contributed by atoms with E-state index in [0.717, 1.165) is 17.1 Å². The number of carbonyl (C=O) groups excluding carboxylic acids is 2. The number of hydrogen-bond donors (Lipinski definition) is 2. The molecule has 3 amide bonds. The Kier molecular flexibility index (Phi) is 7.02. The molecule has 0 aliphatic carbocycles. The molecule has 1 aromatic carbocycles. The van der Waals surface area contributed by atoms with Gasteiger partial charge in [-0.15, -0.1) is 10.2 Å². The molecule has 0 atom stereocenters. The first-order chi connectivity index (χ1) is 12.4. The predicted molar refractivity (Wildman–Crippen MR) is 100 cm³/mol. The van der Waals surface area contributed by atoms with Crippen molar-refractivity contribution >= 4 is 23.7 Å². The summed E-state index contributed by atoms with van der Waals surface area (Å²) in [5.41, 5.74) is 0.917. The second kappa shape index (κ2) is 9.23. The lowest BCUT2D eigenvalue weighted by Gasteiger charge is -2.12. The number of benzene rings is 1. The van der Waals surface area contributed by atoms with Crippen molar-refractivity contribution in [1.29, 1.82) is 0 Å². The molecule has 2 N–H and O–H groups in total. The molecule has 0 aliphatic heterocycles. The number of aromatic nitrogens is 3. The molecule has 0 spiro atoms. The number of thioether (sulfide) groups is 1. The van der Waals surface area contributed by atoms with Crippen LogP contribution >= 0.6 is 11.8 Å². The minimum atomic E-state index is -0.529. The topological polar surface area (TPSA) is 98.1 Å². The number of nitrogens with one attached hydrogen (secondary N) is 2. The summed E-state index contributed by atoms with van der Waals surface area (Å²) in [4.78, 5) is 23.0. The van der Waals surface area contributed by atoms with Gasteiger partial charge in [0.15, 0.2) is 11.0 Å². The Bertz CT molecular complexity index is 758. The van der Waals surface area contributed by atoms with Crippen LogP contribution in [0.15, 0.2) is 29.4 Å². The lowest BCUT2D eigenvalue weighted by molar-refractivity contribution is -0.117. The largest absolute Gasteiger partial charge is 0.497 e. The van der Waals surface area contributed by atoms with Crippen molar-refractivity contribution in [3.63, 3.8) is 0 Å². The van der Waals surface area contributed by atoms with Gasteiger partial charge in [0, 0.05) is 19.2 Å². The van der Waals surface area contributed by atoms with E-state index < -0.39 is 6.03 Å². The van der Waals surface area contributed by atoms with Crippen molar-refractivity contribution in [1.82, 2.24) is 25.4 Å². The highest BCUT2D eigenvalue weighted by atomic mass is 32.2. The number of amides is 3. The molecular weight excluding hydrogens is 354 g/mol. The summed E-state index contributed by atoms with van der Waals surface area (Å²) in [6.45, 7) is 4.92. The van der Waals surface area contributed by atoms with Crippen LogP contribution in [-0.2, 0) is 11.3 Å². The van der Waals surface area contributed by atoms with Crippen LogP contribution in [0, 0.1) is 5.92 Å². The van der Waals surface area contributed by atoms with Gasteiger partial charge >= 0.3 is 6.03 Å². The first-order valence-corrected chi connectivity index (χ1v) is 9.15. The number of methoxy groups -OCH3 is 1. The number of nitrogens with zero attached hydrogens (tertiary/aromatic N) is 3. The molecule has 26 heavy (non-hydrogen) atoms. The highest BCUT2D eigenvalue weighted by molar-refractivity contribution is 7.99. The van der Waals surface area contributed by atoms with Crippen LogP contribution < -0.4 is 15.4 Å². The van der Waals surface area contributed by atoms with Crippen molar-refractivity contribution < 1.29 is 14.3 Å². The van der Waals surface area contributed by atoms with E-state index in [2.05, 4.69) is 34.7 Å². The van der Waals surface area contributed by atoms with Crippen molar-refractivity contribution in [2.75, 3.05) is 19.9 Å². The van der Waals surface area contributed by atoms with Gasteiger partial charge in [-0.3, -0.25) is 10.1 Å². The van der Waals surface area contributed by atoms with Crippen molar-refractivity contribution in [2.24, 2.45) is 5.92 Å². The highest BCUT2D eigenvalue weighted by Crippen LogP contribution is 2.26. The third-order valence-electron chi connectivity index (χ3n) is 3.43. The van der Waals surface area contributed by atoms with Crippen molar-refractivity contribution in [3.05, 3.63) is 24.3 Å². The summed E-state index contributed by atoms with van der Waals surface area (Å²) in [5, 5.41) is 13.7. The number of hydrogen-bond acceptors (Lipinski definition) is 6. The number of ether oxygens (including phenoxy) is 1. The van der Waals surface area contributed by atoms with Gasteiger partial charge in [0.2, 0.25) is 5.91 Å². The first-order valence-electron chi connectivity index (χ1n) is 8.16. The van der Waals surface area contributed by atoms with Gasteiger partial charge in [0.25, 0.3) is 0 Å². The maximum atomic E-state index is 11.8.